The minimum atomic E-state index is 0.0182. The molecule has 1 heterocycles. The topological polar surface area (TPSA) is 32.3 Å². The van der Waals surface area contributed by atoms with E-state index in [-0.39, 0.29) is 11.8 Å². The molecule has 134 valence electrons. The number of anilines is 1. The van der Waals surface area contributed by atoms with Crippen LogP contribution in [0.5, 0.6) is 0 Å². The molecule has 2 rings (SSSR count). The molecular formula is C21H34N2O. The van der Waals surface area contributed by atoms with E-state index in [1.54, 1.807) is 0 Å². The SMILES string of the molecule is CCCCCCN1CCC(c2cccc(NC(=O)C(C)C)c2)CC1. The van der Waals surface area contributed by atoms with E-state index in [0.29, 0.717) is 5.92 Å². The summed E-state index contributed by atoms with van der Waals surface area (Å²) in [6.07, 6.45) is 7.85. The van der Waals surface area contributed by atoms with Gasteiger partial charge in [-0.15, -0.1) is 0 Å². The minimum Gasteiger partial charge on any atom is -0.326 e. The number of hydrogen-bond donors (Lipinski definition) is 1. The summed E-state index contributed by atoms with van der Waals surface area (Å²) in [6.45, 7) is 9.80. The first-order chi connectivity index (χ1) is 11.6. The number of amides is 1. The summed E-state index contributed by atoms with van der Waals surface area (Å²) in [4.78, 5) is 14.5. The van der Waals surface area contributed by atoms with Crippen LogP contribution in [0.15, 0.2) is 24.3 Å². The van der Waals surface area contributed by atoms with Gasteiger partial charge in [0.1, 0.15) is 0 Å². The van der Waals surface area contributed by atoms with Crippen molar-refractivity contribution in [3.8, 4) is 0 Å². The van der Waals surface area contributed by atoms with Gasteiger partial charge in [0, 0.05) is 11.6 Å². The first kappa shape index (κ1) is 19.0. The highest BCUT2D eigenvalue weighted by atomic mass is 16.1. The molecule has 1 amide bonds. The number of carbonyl (C=O) groups is 1. The van der Waals surface area contributed by atoms with Crippen LogP contribution in [0.3, 0.4) is 0 Å². The molecule has 1 aromatic carbocycles. The Kier molecular flexibility index (Phi) is 7.77. The summed E-state index contributed by atoms with van der Waals surface area (Å²) >= 11 is 0. The van der Waals surface area contributed by atoms with Gasteiger partial charge in [0.15, 0.2) is 0 Å². The minimum absolute atomic E-state index is 0.0182. The molecule has 1 aliphatic rings. The van der Waals surface area contributed by atoms with Gasteiger partial charge in [-0.25, -0.2) is 0 Å². The number of likely N-dealkylation sites (tertiary alicyclic amines) is 1. The predicted molar refractivity (Wildman–Crippen MR) is 102 cm³/mol. The van der Waals surface area contributed by atoms with Gasteiger partial charge in [-0.05, 0) is 62.5 Å². The predicted octanol–water partition coefficient (Wildman–Crippen LogP) is 5.04. The molecule has 3 heteroatoms. The van der Waals surface area contributed by atoms with Crippen molar-refractivity contribution in [1.29, 1.82) is 0 Å². The van der Waals surface area contributed by atoms with E-state index in [1.165, 1.54) is 63.7 Å². The number of carbonyl (C=O) groups excluding carboxylic acids is 1. The molecule has 0 unspecified atom stereocenters. The van der Waals surface area contributed by atoms with Crippen LogP contribution in [0.4, 0.5) is 5.69 Å². The lowest BCUT2D eigenvalue weighted by Crippen LogP contribution is -2.33. The van der Waals surface area contributed by atoms with Crippen LogP contribution in [-0.4, -0.2) is 30.4 Å². The zero-order valence-electron chi connectivity index (χ0n) is 15.7. The molecule has 3 nitrogen and oxygen atoms in total. The summed E-state index contributed by atoms with van der Waals surface area (Å²) in [7, 11) is 0. The van der Waals surface area contributed by atoms with Crippen LogP contribution < -0.4 is 5.32 Å². The number of rotatable bonds is 8. The quantitative estimate of drug-likeness (QED) is 0.677. The normalized spacial score (nSPS) is 16.5. The molecule has 0 radical (unpaired) electrons. The summed E-state index contributed by atoms with van der Waals surface area (Å²) in [6, 6.07) is 8.45. The van der Waals surface area contributed by atoms with Crippen LogP contribution >= 0.6 is 0 Å². The van der Waals surface area contributed by atoms with Crippen molar-refractivity contribution in [1.82, 2.24) is 4.90 Å². The van der Waals surface area contributed by atoms with Gasteiger partial charge in [-0.2, -0.15) is 0 Å². The maximum Gasteiger partial charge on any atom is 0.226 e. The zero-order valence-corrected chi connectivity index (χ0v) is 15.7. The molecule has 0 saturated carbocycles. The van der Waals surface area contributed by atoms with E-state index >= 15 is 0 Å². The van der Waals surface area contributed by atoms with Crippen LogP contribution in [0.1, 0.15) is 70.8 Å². The monoisotopic (exact) mass is 330 g/mol. The molecule has 1 aliphatic heterocycles. The second kappa shape index (κ2) is 9.83. The average molecular weight is 331 g/mol. The third-order valence-electron chi connectivity index (χ3n) is 5.07. The summed E-state index contributed by atoms with van der Waals surface area (Å²) < 4.78 is 0. The lowest BCUT2D eigenvalue weighted by atomic mass is 9.89. The first-order valence-electron chi connectivity index (χ1n) is 9.73. The third kappa shape index (κ3) is 5.94. The average Bonchev–Trinajstić information content (AvgIpc) is 2.59. The fraction of sp³-hybridized carbons (Fsp3) is 0.667. The van der Waals surface area contributed by atoms with Gasteiger partial charge in [0.05, 0.1) is 0 Å². The number of unbranched alkanes of at least 4 members (excludes halogenated alkanes) is 3. The molecule has 1 aromatic rings. The van der Waals surface area contributed by atoms with Crippen LogP contribution in [0.25, 0.3) is 0 Å². The van der Waals surface area contributed by atoms with Crippen LogP contribution in [0.2, 0.25) is 0 Å². The summed E-state index contributed by atoms with van der Waals surface area (Å²) in [5.74, 6) is 0.742. The van der Waals surface area contributed by atoms with Crippen molar-refractivity contribution in [3.05, 3.63) is 29.8 Å². The number of benzene rings is 1. The zero-order chi connectivity index (χ0) is 17.4. The van der Waals surface area contributed by atoms with Crippen molar-refractivity contribution in [2.75, 3.05) is 25.0 Å². The number of nitrogens with one attached hydrogen (secondary N) is 1. The van der Waals surface area contributed by atoms with Crippen molar-refractivity contribution in [2.24, 2.45) is 5.92 Å². The Morgan fingerprint density at radius 2 is 1.96 bits per heavy atom. The van der Waals surface area contributed by atoms with E-state index in [4.69, 9.17) is 0 Å². The number of piperidine rings is 1. The van der Waals surface area contributed by atoms with E-state index in [0.717, 1.165) is 5.69 Å². The fourth-order valence-corrected chi connectivity index (χ4v) is 3.41. The smallest absolute Gasteiger partial charge is 0.226 e. The molecule has 1 fully saturated rings. The van der Waals surface area contributed by atoms with Gasteiger partial charge in [0.25, 0.3) is 0 Å². The Balaban J connectivity index is 1.82. The number of hydrogen-bond acceptors (Lipinski definition) is 2. The lowest BCUT2D eigenvalue weighted by molar-refractivity contribution is -0.118. The third-order valence-corrected chi connectivity index (χ3v) is 5.07. The van der Waals surface area contributed by atoms with Gasteiger partial charge in [-0.1, -0.05) is 52.2 Å². The Hall–Kier alpha value is -1.35. The largest absolute Gasteiger partial charge is 0.326 e. The molecule has 1 saturated heterocycles. The molecule has 0 aromatic heterocycles. The fourth-order valence-electron chi connectivity index (χ4n) is 3.41. The molecular weight excluding hydrogens is 296 g/mol. The Morgan fingerprint density at radius 3 is 2.62 bits per heavy atom. The van der Waals surface area contributed by atoms with Crippen molar-refractivity contribution in [2.45, 2.75) is 65.2 Å². The Morgan fingerprint density at radius 1 is 1.21 bits per heavy atom. The van der Waals surface area contributed by atoms with Gasteiger partial charge >= 0.3 is 0 Å². The highest BCUT2D eigenvalue weighted by molar-refractivity contribution is 5.92. The maximum atomic E-state index is 11.9. The lowest BCUT2D eigenvalue weighted by Gasteiger charge is -2.32. The number of nitrogens with zero attached hydrogens (tertiary/aromatic N) is 1. The Labute approximate surface area is 147 Å². The van der Waals surface area contributed by atoms with Gasteiger partial charge in [-0.3, -0.25) is 4.79 Å². The second-order valence-corrected chi connectivity index (χ2v) is 7.45. The molecule has 1 N–H and O–H groups in total. The Bertz CT molecular complexity index is 504. The summed E-state index contributed by atoms with van der Waals surface area (Å²) in [5, 5.41) is 3.02. The molecule has 0 atom stereocenters. The van der Waals surface area contributed by atoms with Crippen molar-refractivity contribution < 1.29 is 4.79 Å². The van der Waals surface area contributed by atoms with Gasteiger partial charge in [0.2, 0.25) is 5.91 Å². The molecule has 0 bridgehead atoms. The van der Waals surface area contributed by atoms with E-state index in [2.05, 4.69) is 35.3 Å². The second-order valence-electron chi connectivity index (χ2n) is 7.45. The van der Waals surface area contributed by atoms with E-state index < -0.39 is 0 Å². The molecule has 0 spiro atoms. The molecule has 0 aliphatic carbocycles. The molecule has 24 heavy (non-hydrogen) atoms. The highest BCUT2D eigenvalue weighted by Gasteiger charge is 2.20. The highest BCUT2D eigenvalue weighted by Crippen LogP contribution is 2.29. The maximum absolute atomic E-state index is 11.9. The van der Waals surface area contributed by atoms with Gasteiger partial charge < -0.3 is 10.2 Å². The van der Waals surface area contributed by atoms with Crippen LogP contribution in [0, 0.1) is 5.92 Å². The summed E-state index contributed by atoms with van der Waals surface area (Å²) in [5.41, 5.74) is 2.32. The first-order valence-corrected chi connectivity index (χ1v) is 9.73. The van der Waals surface area contributed by atoms with Crippen molar-refractivity contribution in [3.63, 3.8) is 0 Å². The van der Waals surface area contributed by atoms with E-state index in [9.17, 15) is 4.79 Å². The van der Waals surface area contributed by atoms with Crippen molar-refractivity contribution >= 4 is 11.6 Å². The van der Waals surface area contributed by atoms with E-state index in [1.807, 2.05) is 19.9 Å². The van der Waals surface area contributed by atoms with Crippen LogP contribution in [-0.2, 0) is 4.79 Å². The standard InChI is InChI=1S/C21H34N2O/c1-4-5-6-7-13-23-14-11-18(12-15-23)19-9-8-10-20(16-19)22-21(24)17(2)3/h8-10,16-18H,4-7,11-15H2,1-3H3,(H,22,24).